The van der Waals surface area contributed by atoms with Gasteiger partial charge in [0.25, 0.3) is 0 Å². The average molecular weight is 558 g/mol. The molecule has 4 amide bonds. The molecule has 10 nitrogen and oxygen atoms in total. The molecule has 2 heterocycles. The number of urea groups is 1. The van der Waals surface area contributed by atoms with Crippen LogP contribution in [-0.2, 0) is 25.9 Å². The van der Waals surface area contributed by atoms with E-state index in [1.54, 1.807) is 12.1 Å². The molecule has 3 fully saturated rings. The Hall–Kier alpha value is -2.69. The fourth-order valence-electron chi connectivity index (χ4n) is 6.09. The highest BCUT2D eigenvalue weighted by Crippen LogP contribution is 2.43. The maximum Gasteiger partial charge on any atom is 0.317 e. The van der Waals surface area contributed by atoms with E-state index in [-0.39, 0.29) is 35.8 Å². The third-order valence-corrected chi connectivity index (χ3v) is 8.13. The summed E-state index contributed by atoms with van der Waals surface area (Å²) in [5.74, 6) is 0.140. The number of amides is 4. The normalized spacial score (nSPS) is 24.3. The summed E-state index contributed by atoms with van der Waals surface area (Å²) >= 11 is 0. The highest BCUT2D eigenvalue weighted by molar-refractivity contribution is 5.90. The Balaban J connectivity index is 1.35. The molecule has 2 aliphatic heterocycles. The molecular formula is C30H47N5O5. The first-order valence-corrected chi connectivity index (χ1v) is 14.8. The molecule has 2 saturated heterocycles. The second-order valence-electron chi connectivity index (χ2n) is 12.8. The van der Waals surface area contributed by atoms with Gasteiger partial charge in [0.2, 0.25) is 11.8 Å². The van der Waals surface area contributed by atoms with Gasteiger partial charge in [-0.25, -0.2) is 9.68 Å². The van der Waals surface area contributed by atoms with Crippen molar-refractivity contribution in [1.82, 2.24) is 25.9 Å². The van der Waals surface area contributed by atoms with E-state index in [0.717, 1.165) is 50.8 Å². The molecular weight excluding hydrogens is 510 g/mol. The molecule has 2 bridgehead atoms. The van der Waals surface area contributed by atoms with Crippen LogP contribution in [0.15, 0.2) is 24.3 Å². The van der Waals surface area contributed by atoms with Gasteiger partial charge in [0, 0.05) is 38.6 Å². The zero-order valence-corrected chi connectivity index (χ0v) is 24.9. The third kappa shape index (κ3) is 7.53. The number of carbonyl (C=O) groups is 3. The van der Waals surface area contributed by atoms with Crippen LogP contribution >= 0.6 is 0 Å². The highest BCUT2D eigenvalue weighted by atomic mass is 17.3. The number of likely N-dealkylation sites (N-methyl/N-ethyl adjacent to an activating group) is 1. The van der Waals surface area contributed by atoms with Crippen LogP contribution in [0.5, 0.6) is 0 Å². The molecule has 0 spiro atoms. The van der Waals surface area contributed by atoms with E-state index in [1.165, 1.54) is 5.56 Å². The van der Waals surface area contributed by atoms with Gasteiger partial charge >= 0.3 is 6.03 Å². The summed E-state index contributed by atoms with van der Waals surface area (Å²) < 4.78 is 0. The maximum absolute atomic E-state index is 13.5. The summed E-state index contributed by atoms with van der Waals surface area (Å²) in [6.07, 6.45) is 5.05. The summed E-state index contributed by atoms with van der Waals surface area (Å²) in [6.45, 7) is 11.1. The third-order valence-electron chi connectivity index (χ3n) is 8.13. The number of nitrogens with one attached hydrogen (secondary N) is 3. The predicted octanol–water partition coefficient (Wildman–Crippen LogP) is 3.27. The van der Waals surface area contributed by atoms with Crippen LogP contribution in [0, 0.1) is 5.92 Å². The minimum atomic E-state index is -0.699. The molecule has 1 aromatic rings. The number of likely N-dealkylation sites (tertiary alicyclic amines) is 1. The van der Waals surface area contributed by atoms with E-state index < -0.39 is 17.7 Å². The Morgan fingerprint density at radius 3 is 2.27 bits per heavy atom. The molecule has 0 aromatic heterocycles. The number of hydrogen-bond acceptors (Lipinski definition) is 6. The van der Waals surface area contributed by atoms with Crippen molar-refractivity contribution in [2.24, 2.45) is 5.92 Å². The summed E-state index contributed by atoms with van der Waals surface area (Å²) in [4.78, 5) is 51.7. The van der Waals surface area contributed by atoms with Crippen molar-refractivity contribution in [3.8, 4) is 0 Å². The smallest absolute Gasteiger partial charge is 0.317 e. The quantitative estimate of drug-likeness (QED) is 0.317. The number of rotatable bonds is 9. The Morgan fingerprint density at radius 1 is 1.00 bits per heavy atom. The van der Waals surface area contributed by atoms with E-state index in [0.29, 0.717) is 12.3 Å². The van der Waals surface area contributed by atoms with Crippen LogP contribution in [0.4, 0.5) is 4.79 Å². The second kappa shape index (κ2) is 12.9. The van der Waals surface area contributed by atoms with E-state index in [9.17, 15) is 14.4 Å². The van der Waals surface area contributed by atoms with Crippen LogP contribution in [0.25, 0.3) is 0 Å². The molecule has 1 aliphatic carbocycles. The van der Waals surface area contributed by atoms with Gasteiger partial charge in [-0.15, -0.1) is 10.1 Å². The Kier molecular flexibility index (Phi) is 9.74. The van der Waals surface area contributed by atoms with Gasteiger partial charge < -0.3 is 20.9 Å². The minimum absolute atomic E-state index is 0.00734. The lowest BCUT2D eigenvalue weighted by Crippen LogP contribution is -2.56. The van der Waals surface area contributed by atoms with Crippen molar-refractivity contribution < 1.29 is 24.3 Å². The molecule has 4 atom stereocenters. The SMILES string of the molecule is CNC(=O)C(Cc1ccc(C2CCN(C(=O)NC(C)C)CC2)cc1)NC(=O)[C@@H]1[C@H]2CC[C@H](C2)N1OOC(C)(C)C. The first-order valence-electron chi connectivity index (χ1n) is 14.8. The van der Waals surface area contributed by atoms with Crippen LogP contribution < -0.4 is 16.0 Å². The molecule has 1 unspecified atom stereocenters. The van der Waals surface area contributed by atoms with Gasteiger partial charge in [-0.2, -0.15) is 0 Å². The fourth-order valence-corrected chi connectivity index (χ4v) is 6.09. The topological polar surface area (TPSA) is 112 Å². The van der Waals surface area contributed by atoms with Crippen molar-refractivity contribution in [2.45, 2.75) is 109 Å². The largest absolute Gasteiger partial charge is 0.357 e. The number of nitrogens with zero attached hydrogens (tertiary/aromatic N) is 2. The lowest BCUT2D eigenvalue weighted by molar-refractivity contribution is -0.472. The van der Waals surface area contributed by atoms with Crippen molar-refractivity contribution in [2.75, 3.05) is 20.1 Å². The minimum Gasteiger partial charge on any atom is -0.357 e. The summed E-state index contributed by atoms with van der Waals surface area (Å²) in [7, 11) is 1.59. The molecule has 10 heteroatoms. The van der Waals surface area contributed by atoms with Gasteiger partial charge in [0.1, 0.15) is 12.1 Å². The standard InChI is InChI=1S/C30H47N5O5/c1-19(2)32-29(38)34-15-13-22(14-16-34)21-9-7-20(8-10-21)17-25(27(36)31-6)33-28(37)26-23-11-12-24(18-23)35(26)40-39-30(3,4)5/h7-10,19,22-26H,11-18H2,1-6H3,(H,31,36)(H,32,38)(H,33,37)/t23-,24+,25?,26-/m0/s1. The Labute approximate surface area is 238 Å². The Morgan fingerprint density at radius 2 is 1.68 bits per heavy atom. The number of piperidine rings is 2. The van der Waals surface area contributed by atoms with Crippen LogP contribution in [0.2, 0.25) is 0 Å². The highest BCUT2D eigenvalue weighted by Gasteiger charge is 2.51. The summed E-state index contributed by atoms with van der Waals surface area (Å²) in [6, 6.07) is 7.41. The van der Waals surface area contributed by atoms with Gasteiger partial charge in [-0.3, -0.25) is 9.59 Å². The Bertz CT molecular complexity index is 1030. The molecule has 0 radical (unpaired) electrons. The van der Waals surface area contributed by atoms with Crippen molar-refractivity contribution in [3.05, 3.63) is 35.4 Å². The first kappa shape index (κ1) is 30.3. The summed E-state index contributed by atoms with van der Waals surface area (Å²) in [5, 5.41) is 10.4. The maximum atomic E-state index is 13.5. The number of hydrogen-bond donors (Lipinski definition) is 3. The molecule has 40 heavy (non-hydrogen) atoms. The molecule has 3 N–H and O–H groups in total. The lowest BCUT2D eigenvalue weighted by Gasteiger charge is -2.34. The number of fused-ring (bicyclic) bond motifs is 2. The number of hydroxylamine groups is 2. The van der Waals surface area contributed by atoms with Crippen LogP contribution in [-0.4, -0.2) is 77.7 Å². The van der Waals surface area contributed by atoms with Crippen LogP contribution in [0.3, 0.4) is 0 Å². The van der Waals surface area contributed by atoms with Gasteiger partial charge in [-0.05, 0) is 89.7 Å². The molecule has 3 aliphatic rings. The van der Waals surface area contributed by atoms with E-state index in [2.05, 4.69) is 28.1 Å². The molecule has 4 rings (SSSR count). The molecule has 222 valence electrons. The zero-order chi connectivity index (χ0) is 29.0. The molecule has 1 aromatic carbocycles. The van der Waals surface area contributed by atoms with Gasteiger partial charge in [0.15, 0.2) is 0 Å². The van der Waals surface area contributed by atoms with E-state index >= 15 is 0 Å². The predicted molar refractivity (Wildman–Crippen MR) is 152 cm³/mol. The van der Waals surface area contributed by atoms with Gasteiger partial charge in [-0.1, -0.05) is 24.3 Å². The van der Waals surface area contributed by atoms with E-state index in [1.807, 2.05) is 51.7 Å². The lowest BCUT2D eigenvalue weighted by atomic mass is 9.88. The van der Waals surface area contributed by atoms with Crippen molar-refractivity contribution >= 4 is 17.8 Å². The number of benzene rings is 1. The zero-order valence-electron chi connectivity index (χ0n) is 24.9. The summed E-state index contributed by atoms with van der Waals surface area (Å²) in [5.41, 5.74) is 1.71. The average Bonchev–Trinajstić information content (AvgIpc) is 3.53. The van der Waals surface area contributed by atoms with E-state index in [4.69, 9.17) is 9.88 Å². The van der Waals surface area contributed by atoms with Crippen molar-refractivity contribution in [1.29, 1.82) is 0 Å². The second-order valence-corrected chi connectivity index (χ2v) is 12.8. The molecule has 1 saturated carbocycles. The first-order chi connectivity index (χ1) is 18.9. The monoisotopic (exact) mass is 557 g/mol. The van der Waals surface area contributed by atoms with Crippen LogP contribution in [0.1, 0.15) is 83.8 Å². The fraction of sp³-hybridized carbons (Fsp3) is 0.700. The number of carbonyl (C=O) groups excluding carboxylic acids is 3. The van der Waals surface area contributed by atoms with Gasteiger partial charge in [0.05, 0.1) is 5.60 Å². The van der Waals surface area contributed by atoms with Crippen molar-refractivity contribution in [3.63, 3.8) is 0 Å².